The summed E-state index contributed by atoms with van der Waals surface area (Å²) in [6, 6.07) is 15.6. The molecule has 1 heterocycles. The standard InChI is InChI=1S/C19H17ClS/c1-2-14-9-11-17(21-14)19(20)16-10-8-13-7-6-12-4-3-5-15(16)18(12)13/h3-5,8-11,19H,2,6-7H2,1H3. The summed E-state index contributed by atoms with van der Waals surface area (Å²) in [6.45, 7) is 2.19. The average molecular weight is 313 g/mol. The summed E-state index contributed by atoms with van der Waals surface area (Å²) < 4.78 is 0. The molecular weight excluding hydrogens is 296 g/mol. The number of benzene rings is 2. The molecule has 0 saturated heterocycles. The van der Waals surface area contributed by atoms with E-state index in [0.717, 1.165) is 6.42 Å². The number of halogens is 1. The minimum atomic E-state index is -0.0415. The molecule has 0 radical (unpaired) electrons. The largest absolute Gasteiger partial charge is 0.143 e. The number of thiophene rings is 1. The van der Waals surface area contributed by atoms with Gasteiger partial charge >= 0.3 is 0 Å². The van der Waals surface area contributed by atoms with Crippen molar-refractivity contribution in [2.45, 2.75) is 31.6 Å². The molecule has 0 amide bonds. The molecule has 0 saturated carbocycles. The van der Waals surface area contributed by atoms with Crippen LogP contribution in [0.1, 0.15) is 38.7 Å². The predicted molar refractivity (Wildman–Crippen MR) is 92.7 cm³/mol. The minimum Gasteiger partial charge on any atom is -0.143 e. The van der Waals surface area contributed by atoms with Crippen LogP contribution in [0.3, 0.4) is 0 Å². The van der Waals surface area contributed by atoms with E-state index in [-0.39, 0.29) is 5.38 Å². The Bertz CT molecular complexity index is 805. The average Bonchev–Trinajstić information content (AvgIpc) is 3.15. The quantitative estimate of drug-likeness (QED) is 0.529. The molecule has 0 bridgehead atoms. The number of rotatable bonds is 3. The first kappa shape index (κ1) is 13.4. The van der Waals surface area contributed by atoms with Crippen LogP contribution in [-0.4, -0.2) is 0 Å². The van der Waals surface area contributed by atoms with Gasteiger partial charge in [-0.15, -0.1) is 22.9 Å². The van der Waals surface area contributed by atoms with Gasteiger partial charge in [-0.1, -0.05) is 37.3 Å². The Morgan fingerprint density at radius 3 is 2.62 bits per heavy atom. The van der Waals surface area contributed by atoms with Crippen molar-refractivity contribution in [2.24, 2.45) is 0 Å². The van der Waals surface area contributed by atoms with E-state index in [9.17, 15) is 0 Å². The van der Waals surface area contributed by atoms with Gasteiger partial charge < -0.3 is 0 Å². The van der Waals surface area contributed by atoms with Crippen molar-refractivity contribution in [3.8, 4) is 0 Å². The summed E-state index contributed by atoms with van der Waals surface area (Å²) >= 11 is 8.65. The number of aryl methyl sites for hydroxylation is 3. The SMILES string of the molecule is CCc1ccc(C(Cl)c2ccc3c4c(cccc24)CC3)s1. The van der Waals surface area contributed by atoms with E-state index < -0.39 is 0 Å². The van der Waals surface area contributed by atoms with Crippen molar-refractivity contribution < 1.29 is 0 Å². The van der Waals surface area contributed by atoms with Gasteiger partial charge in [-0.05, 0) is 58.9 Å². The first-order valence-electron chi connectivity index (χ1n) is 7.54. The monoisotopic (exact) mass is 312 g/mol. The predicted octanol–water partition coefficient (Wildman–Crippen LogP) is 5.89. The smallest absolute Gasteiger partial charge is 0.0933 e. The van der Waals surface area contributed by atoms with Crippen molar-refractivity contribution in [1.82, 2.24) is 0 Å². The van der Waals surface area contributed by atoms with E-state index >= 15 is 0 Å². The molecule has 21 heavy (non-hydrogen) atoms. The van der Waals surface area contributed by atoms with Crippen LogP contribution in [0.5, 0.6) is 0 Å². The summed E-state index contributed by atoms with van der Waals surface area (Å²) in [5.41, 5.74) is 4.21. The highest BCUT2D eigenvalue weighted by Crippen LogP contribution is 2.40. The second-order valence-corrected chi connectivity index (χ2v) is 7.31. The third-order valence-corrected chi connectivity index (χ3v) is 6.36. The normalized spacial score (nSPS) is 14.8. The fourth-order valence-corrected chi connectivity index (χ4v) is 4.71. The summed E-state index contributed by atoms with van der Waals surface area (Å²) in [4.78, 5) is 2.66. The third kappa shape index (κ3) is 2.11. The summed E-state index contributed by atoms with van der Waals surface area (Å²) in [5, 5.41) is 2.75. The van der Waals surface area contributed by atoms with Crippen LogP contribution in [0.4, 0.5) is 0 Å². The molecular formula is C19H17ClS. The Labute approximate surface area is 134 Å². The number of hydrogen-bond donors (Lipinski definition) is 0. The summed E-state index contributed by atoms with van der Waals surface area (Å²) in [5.74, 6) is 0. The van der Waals surface area contributed by atoms with Gasteiger partial charge in [0.05, 0.1) is 5.38 Å². The summed E-state index contributed by atoms with van der Waals surface area (Å²) in [7, 11) is 0. The highest BCUT2D eigenvalue weighted by Gasteiger charge is 2.20. The highest BCUT2D eigenvalue weighted by atomic mass is 35.5. The molecule has 3 aromatic rings. The third-order valence-electron chi connectivity index (χ3n) is 4.46. The molecule has 0 fully saturated rings. The van der Waals surface area contributed by atoms with Gasteiger partial charge in [-0.3, -0.25) is 0 Å². The van der Waals surface area contributed by atoms with Crippen LogP contribution < -0.4 is 0 Å². The Balaban J connectivity index is 1.87. The fraction of sp³-hybridized carbons (Fsp3) is 0.263. The van der Waals surface area contributed by atoms with Crippen molar-refractivity contribution in [1.29, 1.82) is 0 Å². The Hall–Kier alpha value is -1.31. The zero-order valence-electron chi connectivity index (χ0n) is 12.0. The molecule has 2 heteroatoms. The van der Waals surface area contributed by atoms with Crippen LogP contribution in [0, 0.1) is 0 Å². The maximum Gasteiger partial charge on any atom is 0.0933 e. The van der Waals surface area contributed by atoms with E-state index in [1.54, 1.807) is 0 Å². The maximum absolute atomic E-state index is 6.82. The van der Waals surface area contributed by atoms with E-state index in [2.05, 4.69) is 49.4 Å². The maximum atomic E-state index is 6.82. The van der Waals surface area contributed by atoms with Crippen molar-refractivity contribution in [2.75, 3.05) is 0 Å². The van der Waals surface area contributed by atoms with E-state index in [4.69, 9.17) is 11.6 Å². The molecule has 4 rings (SSSR count). The van der Waals surface area contributed by atoms with E-state index in [1.807, 2.05) is 11.3 Å². The second kappa shape index (κ2) is 5.15. The molecule has 1 atom stereocenters. The molecule has 0 N–H and O–H groups in total. The van der Waals surface area contributed by atoms with Crippen LogP contribution in [-0.2, 0) is 19.3 Å². The molecule has 0 aliphatic heterocycles. The number of alkyl halides is 1. The Morgan fingerprint density at radius 2 is 1.86 bits per heavy atom. The first-order valence-corrected chi connectivity index (χ1v) is 8.79. The van der Waals surface area contributed by atoms with Gasteiger partial charge in [0.1, 0.15) is 0 Å². The minimum absolute atomic E-state index is 0.0415. The topological polar surface area (TPSA) is 0 Å². The van der Waals surface area contributed by atoms with Gasteiger partial charge in [0.25, 0.3) is 0 Å². The van der Waals surface area contributed by atoms with Gasteiger partial charge in [0.15, 0.2) is 0 Å². The first-order chi connectivity index (χ1) is 10.3. The van der Waals surface area contributed by atoms with E-state index in [1.165, 1.54) is 50.1 Å². The van der Waals surface area contributed by atoms with Gasteiger partial charge in [0.2, 0.25) is 0 Å². The molecule has 1 aromatic heterocycles. The molecule has 1 aliphatic rings. The van der Waals surface area contributed by atoms with Crippen LogP contribution in [0.2, 0.25) is 0 Å². The molecule has 0 spiro atoms. The lowest BCUT2D eigenvalue weighted by Gasteiger charge is -2.13. The molecule has 0 nitrogen and oxygen atoms in total. The van der Waals surface area contributed by atoms with Gasteiger partial charge in [0, 0.05) is 9.75 Å². The van der Waals surface area contributed by atoms with Crippen molar-refractivity contribution in [3.05, 3.63) is 68.9 Å². The van der Waals surface area contributed by atoms with Crippen molar-refractivity contribution >= 4 is 33.7 Å². The van der Waals surface area contributed by atoms with E-state index in [0.29, 0.717) is 0 Å². The lowest BCUT2D eigenvalue weighted by Crippen LogP contribution is -1.93. The Kier molecular flexibility index (Phi) is 3.28. The highest BCUT2D eigenvalue weighted by molar-refractivity contribution is 7.12. The van der Waals surface area contributed by atoms with Crippen molar-refractivity contribution in [3.63, 3.8) is 0 Å². The van der Waals surface area contributed by atoms with Crippen LogP contribution in [0.15, 0.2) is 42.5 Å². The molecule has 1 aliphatic carbocycles. The van der Waals surface area contributed by atoms with Crippen LogP contribution in [0.25, 0.3) is 10.8 Å². The molecule has 2 aromatic carbocycles. The summed E-state index contributed by atoms with van der Waals surface area (Å²) in [6.07, 6.45) is 3.42. The van der Waals surface area contributed by atoms with Gasteiger partial charge in [-0.25, -0.2) is 0 Å². The van der Waals surface area contributed by atoms with Gasteiger partial charge in [-0.2, -0.15) is 0 Å². The molecule has 1 unspecified atom stereocenters. The fourth-order valence-electron chi connectivity index (χ4n) is 3.36. The number of hydrogen-bond acceptors (Lipinski definition) is 1. The molecule has 106 valence electrons. The zero-order valence-corrected chi connectivity index (χ0v) is 13.6. The zero-order chi connectivity index (χ0) is 14.4. The second-order valence-electron chi connectivity index (χ2n) is 5.67. The van der Waals surface area contributed by atoms with Crippen LogP contribution >= 0.6 is 22.9 Å². The lowest BCUT2D eigenvalue weighted by molar-refractivity contribution is 1.02. The Morgan fingerprint density at radius 1 is 1.05 bits per heavy atom. The lowest BCUT2D eigenvalue weighted by atomic mass is 9.97.